The van der Waals surface area contributed by atoms with Gasteiger partial charge < -0.3 is 14.4 Å². The Morgan fingerprint density at radius 3 is 2.82 bits per heavy atom. The zero-order chi connectivity index (χ0) is 19.7. The van der Waals surface area contributed by atoms with Crippen molar-refractivity contribution in [2.45, 2.75) is 46.2 Å². The number of nitrogens with one attached hydrogen (secondary N) is 1. The molecule has 0 spiro atoms. The van der Waals surface area contributed by atoms with Crippen LogP contribution in [0.5, 0.6) is 0 Å². The first-order valence-electron chi connectivity index (χ1n) is 9.38. The molecule has 0 saturated carbocycles. The number of carbonyl (C=O) groups is 1. The SMILES string of the molecule is Cc1noc([C@@H]2CCCN2Cc2cccc(C(=O)Nc3c(C)noc3C)c2)n1. The minimum atomic E-state index is -0.179. The van der Waals surface area contributed by atoms with Crippen LogP contribution in [0.2, 0.25) is 0 Å². The standard InChI is InChI=1S/C20H23N5O3/c1-12-18(13(2)27-23-12)22-19(26)16-7-4-6-15(10-16)11-25-9-5-8-17(25)20-21-14(3)24-28-20/h4,6-7,10,17H,5,8-9,11H2,1-3H3,(H,22,26)/t17-/m0/s1. The molecule has 0 radical (unpaired) electrons. The van der Waals surface area contributed by atoms with Gasteiger partial charge in [0, 0.05) is 12.1 Å². The molecule has 1 saturated heterocycles. The Balaban J connectivity index is 1.48. The van der Waals surface area contributed by atoms with Gasteiger partial charge in [0.05, 0.1) is 6.04 Å². The van der Waals surface area contributed by atoms with E-state index in [1.54, 1.807) is 19.9 Å². The number of nitrogens with zero attached hydrogens (tertiary/aromatic N) is 4. The van der Waals surface area contributed by atoms with Crippen molar-refractivity contribution in [3.63, 3.8) is 0 Å². The summed E-state index contributed by atoms with van der Waals surface area (Å²) in [6.07, 6.45) is 2.08. The number of amides is 1. The van der Waals surface area contributed by atoms with E-state index in [1.165, 1.54) is 0 Å². The minimum absolute atomic E-state index is 0.126. The van der Waals surface area contributed by atoms with Gasteiger partial charge in [-0.1, -0.05) is 22.4 Å². The zero-order valence-corrected chi connectivity index (χ0v) is 16.2. The molecule has 28 heavy (non-hydrogen) atoms. The lowest BCUT2D eigenvalue weighted by molar-refractivity contribution is 0.102. The maximum atomic E-state index is 12.7. The monoisotopic (exact) mass is 381 g/mol. The van der Waals surface area contributed by atoms with Crippen LogP contribution in [-0.2, 0) is 6.54 Å². The fraction of sp³-hybridized carbons (Fsp3) is 0.400. The van der Waals surface area contributed by atoms with Crippen LogP contribution in [-0.4, -0.2) is 32.6 Å². The quantitative estimate of drug-likeness (QED) is 0.721. The first-order chi connectivity index (χ1) is 13.5. The van der Waals surface area contributed by atoms with E-state index < -0.39 is 0 Å². The maximum absolute atomic E-state index is 12.7. The number of hydrogen-bond acceptors (Lipinski definition) is 7. The summed E-state index contributed by atoms with van der Waals surface area (Å²) >= 11 is 0. The topological polar surface area (TPSA) is 97.3 Å². The van der Waals surface area contributed by atoms with Gasteiger partial charge >= 0.3 is 0 Å². The van der Waals surface area contributed by atoms with Crippen LogP contribution in [0.15, 0.2) is 33.3 Å². The van der Waals surface area contributed by atoms with Crippen LogP contribution >= 0.6 is 0 Å². The highest BCUT2D eigenvalue weighted by atomic mass is 16.5. The first-order valence-corrected chi connectivity index (χ1v) is 9.38. The number of rotatable bonds is 5. The number of carbonyl (C=O) groups excluding carboxylic acids is 1. The third kappa shape index (κ3) is 3.68. The Bertz CT molecular complexity index is 974. The Morgan fingerprint density at radius 2 is 2.11 bits per heavy atom. The number of hydrogen-bond donors (Lipinski definition) is 1. The summed E-state index contributed by atoms with van der Waals surface area (Å²) < 4.78 is 10.5. The van der Waals surface area contributed by atoms with Gasteiger partial charge in [-0.15, -0.1) is 0 Å². The Labute approximate surface area is 162 Å². The van der Waals surface area contributed by atoms with Crippen molar-refractivity contribution in [1.29, 1.82) is 0 Å². The number of anilines is 1. The predicted octanol–water partition coefficient (Wildman–Crippen LogP) is 3.57. The van der Waals surface area contributed by atoms with Crippen molar-refractivity contribution in [3.05, 3.63) is 58.6 Å². The number of aryl methyl sites for hydroxylation is 3. The normalized spacial score (nSPS) is 17.2. The smallest absolute Gasteiger partial charge is 0.255 e. The van der Waals surface area contributed by atoms with E-state index in [0.717, 1.165) is 31.5 Å². The second kappa shape index (κ2) is 7.55. The van der Waals surface area contributed by atoms with Crippen molar-refractivity contribution < 1.29 is 13.8 Å². The zero-order valence-electron chi connectivity index (χ0n) is 16.2. The van der Waals surface area contributed by atoms with E-state index in [-0.39, 0.29) is 11.9 Å². The predicted molar refractivity (Wildman–Crippen MR) is 102 cm³/mol. The second-order valence-electron chi connectivity index (χ2n) is 7.16. The summed E-state index contributed by atoms with van der Waals surface area (Å²) in [6.45, 7) is 7.08. The molecule has 8 heteroatoms. The molecule has 1 amide bonds. The molecule has 1 N–H and O–H groups in total. The average Bonchev–Trinajstić information content (AvgIpc) is 3.39. The van der Waals surface area contributed by atoms with Gasteiger partial charge in [0.25, 0.3) is 5.91 Å². The Kier molecular flexibility index (Phi) is 4.95. The third-order valence-electron chi connectivity index (χ3n) is 5.04. The summed E-state index contributed by atoms with van der Waals surface area (Å²) in [6, 6.07) is 7.78. The van der Waals surface area contributed by atoms with E-state index in [1.807, 2.05) is 25.1 Å². The minimum Gasteiger partial charge on any atom is -0.359 e. The molecule has 2 aromatic heterocycles. The molecule has 1 aliphatic rings. The van der Waals surface area contributed by atoms with Crippen molar-refractivity contribution in [3.8, 4) is 0 Å². The van der Waals surface area contributed by atoms with Gasteiger partial charge in [0.2, 0.25) is 5.89 Å². The molecule has 1 fully saturated rings. The number of aromatic nitrogens is 3. The molecule has 0 aliphatic carbocycles. The van der Waals surface area contributed by atoms with E-state index in [0.29, 0.717) is 34.4 Å². The van der Waals surface area contributed by atoms with Gasteiger partial charge in [0.15, 0.2) is 11.6 Å². The third-order valence-corrected chi connectivity index (χ3v) is 5.04. The molecule has 146 valence electrons. The molecule has 0 bridgehead atoms. The van der Waals surface area contributed by atoms with Gasteiger partial charge in [0.1, 0.15) is 11.4 Å². The van der Waals surface area contributed by atoms with E-state index in [2.05, 4.69) is 25.5 Å². The van der Waals surface area contributed by atoms with E-state index >= 15 is 0 Å². The van der Waals surface area contributed by atoms with Gasteiger partial charge in [-0.25, -0.2) is 0 Å². The lowest BCUT2D eigenvalue weighted by atomic mass is 10.1. The molecule has 4 rings (SSSR count). The lowest BCUT2D eigenvalue weighted by Crippen LogP contribution is -2.23. The van der Waals surface area contributed by atoms with Crippen LogP contribution < -0.4 is 5.32 Å². The summed E-state index contributed by atoms with van der Waals surface area (Å²) in [7, 11) is 0. The van der Waals surface area contributed by atoms with Crippen molar-refractivity contribution in [2.24, 2.45) is 0 Å². The number of likely N-dealkylation sites (tertiary alicyclic amines) is 1. The van der Waals surface area contributed by atoms with Crippen LogP contribution in [0.3, 0.4) is 0 Å². The fourth-order valence-electron chi connectivity index (χ4n) is 3.64. The average molecular weight is 381 g/mol. The fourth-order valence-corrected chi connectivity index (χ4v) is 3.64. The summed E-state index contributed by atoms with van der Waals surface area (Å²) in [5.41, 5.74) is 2.95. The molecule has 1 atom stereocenters. The lowest BCUT2D eigenvalue weighted by Gasteiger charge is -2.21. The molecule has 8 nitrogen and oxygen atoms in total. The van der Waals surface area contributed by atoms with Gasteiger partial charge in [-0.2, -0.15) is 4.98 Å². The van der Waals surface area contributed by atoms with Crippen molar-refractivity contribution >= 4 is 11.6 Å². The van der Waals surface area contributed by atoms with Crippen LogP contribution in [0.4, 0.5) is 5.69 Å². The maximum Gasteiger partial charge on any atom is 0.255 e. The Morgan fingerprint density at radius 1 is 1.25 bits per heavy atom. The van der Waals surface area contributed by atoms with Gasteiger partial charge in [-0.3, -0.25) is 9.69 Å². The molecule has 0 unspecified atom stereocenters. The molecular formula is C20H23N5O3. The molecular weight excluding hydrogens is 358 g/mol. The number of benzene rings is 1. The van der Waals surface area contributed by atoms with E-state index in [9.17, 15) is 4.79 Å². The molecule has 3 aromatic rings. The van der Waals surface area contributed by atoms with Crippen LogP contribution in [0, 0.1) is 20.8 Å². The van der Waals surface area contributed by atoms with Crippen molar-refractivity contribution in [1.82, 2.24) is 20.2 Å². The molecule has 1 aromatic carbocycles. The second-order valence-corrected chi connectivity index (χ2v) is 7.16. The Hall–Kier alpha value is -3.00. The molecule has 1 aliphatic heterocycles. The summed E-state index contributed by atoms with van der Waals surface area (Å²) in [5, 5.41) is 10.7. The van der Waals surface area contributed by atoms with Gasteiger partial charge in [-0.05, 0) is 57.9 Å². The highest BCUT2D eigenvalue weighted by Crippen LogP contribution is 2.32. The molecule has 3 heterocycles. The summed E-state index contributed by atoms with van der Waals surface area (Å²) in [5.74, 6) is 1.74. The van der Waals surface area contributed by atoms with E-state index in [4.69, 9.17) is 9.05 Å². The summed E-state index contributed by atoms with van der Waals surface area (Å²) in [4.78, 5) is 19.4. The van der Waals surface area contributed by atoms with Crippen molar-refractivity contribution in [2.75, 3.05) is 11.9 Å². The first kappa shape index (κ1) is 18.4. The largest absolute Gasteiger partial charge is 0.359 e. The van der Waals surface area contributed by atoms with Crippen LogP contribution in [0.25, 0.3) is 0 Å². The highest BCUT2D eigenvalue weighted by molar-refractivity contribution is 6.04. The van der Waals surface area contributed by atoms with Crippen LogP contribution in [0.1, 0.15) is 58.0 Å². The highest BCUT2D eigenvalue weighted by Gasteiger charge is 2.30.